The standard InChI is InChI=1S/C24H21NO4S3/c1-27-21-14-17(9-10-20(21)29-12-13-31-19-7-3-2-4-8-19)15-22-23(26)25(24(30)32-22)16-18-6-5-11-28-18/h2-11,14-15H,12-13,16H2,1H3. The first-order chi connectivity index (χ1) is 15.6. The van der Waals surface area contributed by atoms with Crippen molar-refractivity contribution in [1.82, 2.24) is 4.90 Å². The van der Waals surface area contributed by atoms with E-state index < -0.39 is 0 Å². The molecule has 1 saturated heterocycles. The Labute approximate surface area is 200 Å². The van der Waals surface area contributed by atoms with E-state index in [1.807, 2.05) is 48.5 Å². The van der Waals surface area contributed by atoms with Crippen molar-refractivity contribution in [2.45, 2.75) is 11.4 Å². The minimum Gasteiger partial charge on any atom is -0.493 e. The molecule has 0 bridgehead atoms. The van der Waals surface area contributed by atoms with E-state index in [0.29, 0.717) is 39.6 Å². The van der Waals surface area contributed by atoms with Crippen LogP contribution in [0.5, 0.6) is 11.5 Å². The maximum Gasteiger partial charge on any atom is 0.266 e. The minimum absolute atomic E-state index is 0.131. The van der Waals surface area contributed by atoms with Gasteiger partial charge in [0.2, 0.25) is 0 Å². The summed E-state index contributed by atoms with van der Waals surface area (Å²) >= 11 is 8.41. The van der Waals surface area contributed by atoms with Gasteiger partial charge in [-0.05, 0) is 48.0 Å². The summed E-state index contributed by atoms with van der Waals surface area (Å²) < 4.78 is 17.3. The Morgan fingerprint density at radius 1 is 1.12 bits per heavy atom. The number of nitrogens with zero attached hydrogens (tertiary/aromatic N) is 1. The van der Waals surface area contributed by atoms with E-state index >= 15 is 0 Å². The van der Waals surface area contributed by atoms with E-state index in [-0.39, 0.29) is 5.91 Å². The molecular weight excluding hydrogens is 462 g/mol. The molecule has 164 valence electrons. The molecule has 0 spiro atoms. The van der Waals surface area contributed by atoms with Crippen LogP contribution in [0.1, 0.15) is 11.3 Å². The van der Waals surface area contributed by atoms with E-state index in [9.17, 15) is 4.79 Å². The van der Waals surface area contributed by atoms with Gasteiger partial charge in [0, 0.05) is 10.6 Å². The Balaban J connectivity index is 1.39. The molecular formula is C24H21NO4S3. The predicted molar refractivity (Wildman–Crippen MR) is 133 cm³/mol. The largest absolute Gasteiger partial charge is 0.493 e. The number of rotatable bonds is 9. The molecule has 1 aromatic heterocycles. The average molecular weight is 484 g/mol. The van der Waals surface area contributed by atoms with Gasteiger partial charge in [0.05, 0.1) is 31.4 Å². The molecule has 8 heteroatoms. The molecule has 3 aromatic rings. The third-order valence-corrected chi connectivity index (χ3v) is 6.96. The normalized spacial score (nSPS) is 14.9. The van der Waals surface area contributed by atoms with Gasteiger partial charge in [-0.3, -0.25) is 9.69 Å². The molecule has 5 nitrogen and oxygen atoms in total. The van der Waals surface area contributed by atoms with Crippen LogP contribution in [0, 0.1) is 0 Å². The second kappa shape index (κ2) is 10.8. The summed E-state index contributed by atoms with van der Waals surface area (Å²) in [6, 6.07) is 19.5. The quantitative estimate of drug-likeness (QED) is 0.163. The molecule has 1 amide bonds. The third kappa shape index (κ3) is 5.56. The number of amides is 1. The first-order valence-electron chi connectivity index (χ1n) is 9.90. The Hall–Kier alpha value is -2.68. The number of benzene rings is 2. The average Bonchev–Trinajstić information content (AvgIpc) is 3.42. The van der Waals surface area contributed by atoms with Crippen LogP contribution in [0.25, 0.3) is 6.08 Å². The van der Waals surface area contributed by atoms with Gasteiger partial charge in [0.15, 0.2) is 11.5 Å². The monoisotopic (exact) mass is 483 g/mol. The highest BCUT2D eigenvalue weighted by Gasteiger charge is 2.32. The smallest absolute Gasteiger partial charge is 0.266 e. The number of hydrogen-bond donors (Lipinski definition) is 0. The molecule has 0 atom stereocenters. The Kier molecular flexibility index (Phi) is 7.57. The summed E-state index contributed by atoms with van der Waals surface area (Å²) in [5, 5.41) is 0. The van der Waals surface area contributed by atoms with Crippen molar-refractivity contribution in [3.05, 3.63) is 83.2 Å². The minimum atomic E-state index is -0.131. The van der Waals surface area contributed by atoms with Crippen LogP contribution in [0.4, 0.5) is 0 Å². The predicted octanol–water partition coefficient (Wildman–Crippen LogP) is 5.86. The van der Waals surface area contributed by atoms with Crippen LogP contribution in [0.3, 0.4) is 0 Å². The summed E-state index contributed by atoms with van der Waals surface area (Å²) in [4.78, 5) is 16.1. The van der Waals surface area contributed by atoms with Crippen LogP contribution >= 0.6 is 35.7 Å². The van der Waals surface area contributed by atoms with E-state index in [1.165, 1.54) is 16.7 Å². The second-order valence-electron chi connectivity index (χ2n) is 6.77. The van der Waals surface area contributed by atoms with Crippen molar-refractivity contribution >= 4 is 52.0 Å². The summed E-state index contributed by atoms with van der Waals surface area (Å²) in [6.45, 7) is 0.882. The number of thiocarbonyl (C=S) groups is 1. The van der Waals surface area contributed by atoms with E-state index in [0.717, 1.165) is 11.3 Å². The number of furan rings is 1. The zero-order valence-electron chi connectivity index (χ0n) is 17.4. The Bertz CT molecular complexity index is 1110. The van der Waals surface area contributed by atoms with Crippen LogP contribution in [0.2, 0.25) is 0 Å². The third-order valence-electron chi connectivity index (χ3n) is 4.61. The number of carbonyl (C=O) groups excluding carboxylic acids is 1. The van der Waals surface area contributed by atoms with Crippen LogP contribution in [-0.2, 0) is 11.3 Å². The van der Waals surface area contributed by atoms with Gasteiger partial charge >= 0.3 is 0 Å². The molecule has 1 fully saturated rings. The number of hydrogen-bond acceptors (Lipinski definition) is 7. The summed E-state index contributed by atoms with van der Waals surface area (Å²) in [7, 11) is 1.60. The zero-order chi connectivity index (χ0) is 22.3. The van der Waals surface area contributed by atoms with Gasteiger partial charge < -0.3 is 13.9 Å². The van der Waals surface area contributed by atoms with Crippen molar-refractivity contribution in [1.29, 1.82) is 0 Å². The topological polar surface area (TPSA) is 51.9 Å². The van der Waals surface area contributed by atoms with Crippen molar-refractivity contribution in [2.75, 3.05) is 19.5 Å². The molecule has 2 aromatic carbocycles. The molecule has 0 aliphatic carbocycles. The molecule has 0 unspecified atom stereocenters. The Morgan fingerprint density at radius 3 is 2.72 bits per heavy atom. The number of ether oxygens (including phenoxy) is 2. The lowest BCUT2D eigenvalue weighted by Gasteiger charge is -2.12. The van der Waals surface area contributed by atoms with Crippen LogP contribution in [0.15, 0.2) is 81.1 Å². The molecule has 4 rings (SSSR count). The fraction of sp³-hybridized carbons (Fsp3) is 0.167. The highest BCUT2D eigenvalue weighted by molar-refractivity contribution is 8.26. The van der Waals surface area contributed by atoms with Gasteiger partial charge in [0.25, 0.3) is 5.91 Å². The fourth-order valence-electron chi connectivity index (χ4n) is 3.07. The molecule has 2 heterocycles. The maximum atomic E-state index is 12.8. The van der Waals surface area contributed by atoms with E-state index in [1.54, 1.807) is 36.1 Å². The Morgan fingerprint density at radius 2 is 1.97 bits per heavy atom. The molecule has 0 radical (unpaired) electrons. The van der Waals surface area contributed by atoms with Crippen molar-refractivity contribution in [3.63, 3.8) is 0 Å². The summed E-state index contributed by atoms with van der Waals surface area (Å²) in [5.74, 6) is 2.68. The van der Waals surface area contributed by atoms with Gasteiger partial charge in [-0.2, -0.15) is 0 Å². The van der Waals surface area contributed by atoms with Crippen LogP contribution in [-0.4, -0.2) is 34.6 Å². The van der Waals surface area contributed by atoms with Crippen molar-refractivity contribution < 1.29 is 18.7 Å². The van der Waals surface area contributed by atoms with Gasteiger partial charge in [-0.1, -0.05) is 48.2 Å². The number of carbonyl (C=O) groups is 1. The molecule has 0 N–H and O–H groups in total. The highest BCUT2D eigenvalue weighted by atomic mass is 32.2. The summed E-state index contributed by atoms with van der Waals surface area (Å²) in [5.41, 5.74) is 0.839. The second-order valence-corrected chi connectivity index (χ2v) is 9.61. The first kappa shape index (κ1) is 22.5. The summed E-state index contributed by atoms with van der Waals surface area (Å²) in [6.07, 6.45) is 3.40. The van der Waals surface area contributed by atoms with Crippen molar-refractivity contribution in [3.8, 4) is 11.5 Å². The molecule has 0 saturated carbocycles. The van der Waals surface area contributed by atoms with Gasteiger partial charge in [-0.15, -0.1) is 11.8 Å². The van der Waals surface area contributed by atoms with Gasteiger partial charge in [0.1, 0.15) is 10.1 Å². The first-order valence-corrected chi connectivity index (χ1v) is 12.1. The molecule has 1 aliphatic heterocycles. The highest BCUT2D eigenvalue weighted by Crippen LogP contribution is 2.35. The van der Waals surface area contributed by atoms with E-state index in [2.05, 4.69) is 12.1 Å². The number of thioether (sulfide) groups is 2. The lowest BCUT2D eigenvalue weighted by atomic mass is 10.2. The number of methoxy groups -OCH3 is 1. The maximum absolute atomic E-state index is 12.8. The lowest BCUT2D eigenvalue weighted by molar-refractivity contribution is -0.122. The van der Waals surface area contributed by atoms with Gasteiger partial charge in [-0.25, -0.2) is 0 Å². The van der Waals surface area contributed by atoms with E-state index in [4.69, 9.17) is 26.1 Å². The fourth-order valence-corrected chi connectivity index (χ4v) is 5.07. The molecule has 1 aliphatic rings. The zero-order valence-corrected chi connectivity index (χ0v) is 19.8. The lowest BCUT2D eigenvalue weighted by Crippen LogP contribution is -2.27. The van der Waals surface area contributed by atoms with Crippen molar-refractivity contribution in [2.24, 2.45) is 0 Å². The SMILES string of the molecule is COc1cc(C=C2SC(=S)N(Cc3ccco3)C2=O)ccc1OCCSc1ccccc1. The molecule has 32 heavy (non-hydrogen) atoms. The van der Waals surface area contributed by atoms with Crippen LogP contribution < -0.4 is 9.47 Å².